The highest BCUT2D eigenvalue weighted by Crippen LogP contribution is 2.45. The van der Waals surface area contributed by atoms with E-state index in [1.165, 1.54) is 6.92 Å². The lowest BCUT2D eigenvalue weighted by Gasteiger charge is -2.16. The van der Waals surface area contributed by atoms with Crippen LogP contribution in [-0.2, 0) is 23.2 Å². The Bertz CT molecular complexity index is 529. The van der Waals surface area contributed by atoms with Gasteiger partial charge in [0.1, 0.15) is 0 Å². The number of carbonyl (C=O) groups is 2. The van der Waals surface area contributed by atoms with Gasteiger partial charge < -0.3 is 15.3 Å². The van der Waals surface area contributed by atoms with Crippen LogP contribution in [0.2, 0.25) is 0 Å². The third-order valence-corrected chi connectivity index (χ3v) is 3.16. The van der Waals surface area contributed by atoms with Gasteiger partial charge in [0, 0.05) is 19.5 Å². The average Bonchev–Trinajstić information content (AvgIpc) is 2.35. The Hall–Kier alpha value is -1.73. The van der Waals surface area contributed by atoms with E-state index >= 15 is 0 Å². The van der Waals surface area contributed by atoms with Crippen LogP contribution >= 0.6 is 7.82 Å². The molecule has 1 aromatic rings. The third kappa shape index (κ3) is 22.3. The van der Waals surface area contributed by atoms with Gasteiger partial charge >= 0.3 is 7.82 Å². The van der Waals surface area contributed by atoms with Crippen LogP contribution in [-0.4, -0.2) is 34.1 Å². The van der Waals surface area contributed by atoms with Gasteiger partial charge in [0.15, 0.2) is 0 Å². The van der Waals surface area contributed by atoms with E-state index in [-0.39, 0.29) is 18.1 Å². The molecular weight excluding hydrogens is 349 g/mol. The predicted molar refractivity (Wildman–Crippen MR) is 96.3 cm³/mol. The fraction of sp³-hybridized carbons (Fsp3) is 0.500. The molecule has 0 aliphatic rings. The standard InChI is InChI=1S/C8H9NO.C6H15O4P.C2H4O2/c1-7(10)9-8-5-3-2-4-6-8;1-5(2)9-11(7,8)10-6(3)4;1-2(3)4/h2-6H,1H3,(H,9,10);5-6H,1-4H3,(H,7,8);1H3,(H,3,4). The SMILES string of the molecule is CC(=O)Nc1ccccc1.CC(=O)O.CC(C)OP(=O)(O)OC(C)C. The first-order valence-corrected chi connectivity index (χ1v) is 9.07. The maximum absolute atomic E-state index is 10.9. The first-order valence-electron chi connectivity index (χ1n) is 7.57. The Labute approximate surface area is 148 Å². The van der Waals surface area contributed by atoms with Crippen molar-refractivity contribution >= 4 is 25.4 Å². The van der Waals surface area contributed by atoms with Gasteiger partial charge in [-0.3, -0.25) is 18.6 Å². The Kier molecular flexibility index (Phi) is 13.8. The first kappa shape index (κ1) is 25.5. The Morgan fingerprint density at radius 3 is 1.64 bits per heavy atom. The molecule has 0 bridgehead atoms. The van der Waals surface area contributed by atoms with E-state index in [9.17, 15) is 9.36 Å². The normalized spacial score (nSPS) is 10.3. The highest BCUT2D eigenvalue weighted by Gasteiger charge is 2.23. The van der Waals surface area contributed by atoms with Gasteiger partial charge in [0.05, 0.1) is 12.2 Å². The van der Waals surface area contributed by atoms with Gasteiger partial charge in [-0.2, -0.15) is 0 Å². The molecule has 0 spiro atoms. The molecule has 0 aliphatic heterocycles. The van der Waals surface area contributed by atoms with Gasteiger partial charge in [-0.05, 0) is 39.8 Å². The molecular formula is C16H28NO7P. The van der Waals surface area contributed by atoms with Crippen molar-refractivity contribution in [1.82, 2.24) is 0 Å². The second-order valence-electron chi connectivity index (χ2n) is 5.34. The molecule has 0 heterocycles. The number of hydrogen-bond donors (Lipinski definition) is 3. The minimum atomic E-state index is -3.80. The van der Waals surface area contributed by atoms with E-state index in [1.807, 2.05) is 30.3 Å². The quantitative estimate of drug-likeness (QED) is 0.669. The summed E-state index contributed by atoms with van der Waals surface area (Å²) in [7, 11) is -3.80. The second kappa shape index (κ2) is 13.5. The number of para-hydroxylation sites is 1. The number of aliphatic carboxylic acids is 1. The number of carbonyl (C=O) groups excluding carboxylic acids is 1. The molecule has 0 saturated carbocycles. The van der Waals surface area contributed by atoms with Gasteiger partial charge in [0.25, 0.3) is 5.97 Å². The van der Waals surface area contributed by atoms with Crippen LogP contribution in [0.15, 0.2) is 30.3 Å². The maximum Gasteiger partial charge on any atom is 0.472 e. The van der Waals surface area contributed by atoms with Crippen LogP contribution in [0.1, 0.15) is 41.5 Å². The smallest absolute Gasteiger partial charge is 0.472 e. The molecule has 1 amide bonds. The van der Waals surface area contributed by atoms with Crippen molar-refractivity contribution in [3.63, 3.8) is 0 Å². The molecule has 9 heteroatoms. The summed E-state index contributed by atoms with van der Waals surface area (Å²) in [6, 6.07) is 9.37. The van der Waals surface area contributed by atoms with Crippen molar-refractivity contribution < 1.29 is 33.2 Å². The topological polar surface area (TPSA) is 122 Å². The van der Waals surface area contributed by atoms with Crippen molar-refractivity contribution in [2.75, 3.05) is 5.32 Å². The van der Waals surface area contributed by atoms with E-state index < -0.39 is 13.8 Å². The number of carboxylic acids is 1. The monoisotopic (exact) mass is 377 g/mol. The lowest BCUT2D eigenvalue weighted by atomic mass is 10.3. The summed E-state index contributed by atoms with van der Waals surface area (Å²) in [4.78, 5) is 28.5. The molecule has 8 nitrogen and oxygen atoms in total. The number of nitrogens with one attached hydrogen (secondary N) is 1. The van der Waals surface area contributed by atoms with Crippen LogP contribution < -0.4 is 5.32 Å². The van der Waals surface area contributed by atoms with Crippen molar-refractivity contribution in [3.05, 3.63) is 30.3 Å². The van der Waals surface area contributed by atoms with Gasteiger partial charge in [-0.15, -0.1) is 0 Å². The molecule has 1 aromatic carbocycles. The summed E-state index contributed by atoms with van der Waals surface area (Å²) < 4.78 is 20.2. The van der Waals surface area contributed by atoms with Crippen LogP contribution in [0.5, 0.6) is 0 Å². The second-order valence-corrected chi connectivity index (χ2v) is 6.70. The van der Waals surface area contributed by atoms with E-state index in [2.05, 4.69) is 14.4 Å². The maximum atomic E-state index is 10.9. The average molecular weight is 377 g/mol. The number of anilines is 1. The fourth-order valence-electron chi connectivity index (χ4n) is 1.28. The van der Waals surface area contributed by atoms with Crippen molar-refractivity contribution in [2.24, 2.45) is 0 Å². The van der Waals surface area contributed by atoms with E-state index in [1.54, 1.807) is 27.7 Å². The molecule has 0 aromatic heterocycles. The Morgan fingerprint density at radius 2 is 1.36 bits per heavy atom. The summed E-state index contributed by atoms with van der Waals surface area (Å²) in [5.74, 6) is -0.869. The number of carboxylic acid groups (broad SMARTS) is 1. The van der Waals surface area contributed by atoms with Crippen molar-refractivity contribution in [1.29, 1.82) is 0 Å². The summed E-state index contributed by atoms with van der Waals surface area (Å²) in [5.41, 5.74) is 0.843. The highest BCUT2D eigenvalue weighted by molar-refractivity contribution is 7.47. The van der Waals surface area contributed by atoms with Crippen molar-refractivity contribution in [3.8, 4) is 0 Å². The molecule has 25 heavy (non-hydrogen) atoms. The molecule has 0 atom stereocenters. The molecule has 0 radical (unpaired) electrons. The first-order chi connectivity index (χ1) is 11.4. The number of rotatable bonds is 5. The Balaban J connectivity index is 0. The van der Waals surface area contributed by atoms with Crippen LogP contribution in [0.25, 0.3) is 0 Å². The van der Waals surface area contributed by atoms with E-state index in [0.29, 0.717) is 0 Å². The number of benzene rings is 1. The largest absolute Gasteiger partial charge is 0.481 e. The van der Waals surface area contributed by atoms with Crippen LogP contribution in [0.4, 0.5) is 5.69 Å². The zero-order chi connectivity index (χ0) is 20.0. The van der Waals surface area contributed by atoms with Gasteiger partial charge in [-0.25, -0.2) is 4.57 Å². The molecule has 0 aliphatic carbocycles. The zero-order valence-corrected chi connectivity index (χ0v) is 16.3. The number of hydrogen-bond acceptors (Lipinski definition) is 5. The summed E-state index contributed by atoms with van der Waals surface area (Å²) in [6.45, 7) is 9.27. The summed E-state index contributed by atoms with van der Waals surface area (Å²) in [6.07, 6.45) is -0.603. The summed E-state index contributed by atoms with van der Waals surface area (Å²) in [5, 5.41) is 10.1. The lowest BCUT2D eigenvalue weighted by molar-refractivity contribution is -0.134. The molecule has 144 valence electrons. The number of amides is 1. The highest BCUT2D eigenvalue weighted by atomic mass is 31.2. The molecule has 0 fully saturated rings. The summed E-state index contributed by atoms with van der Waals surface area (Å²) >= 11 is 0. The predicted octanol–water partition coefficient (Wildman–Crippen LogP) is 3.67. The van der Waals surface area contributed by atoms with Crippen LogP contribution in [0.3, 0.4) is 0 Å². The zero-order valence-electron chi connectivity index (χ0n) is 15.4. The molecule has 3 N–H and O–H groups in total. The van der Waals surface area contributed by atoms with E-state index in [0.717, 1.165) is 12.6 Å². The van der Waals surface area contributed by atoms with Crippen LogP contribution in [0, 0.1) is 0 Å². The Morgan fingerprint density at radius 1 is 1.00 bits per heavy atom. The van der Waals surface area contributed by atoms with Gasteiger partial charge in [-0.1, -0.05) is 18.2 Å². The minimum Gasteiger partial charge on any atom is -0.481 e. The molecule has 0 saturated heterocycles. The lowest BCUT2D eigenvalue weighted by Crippen LogP contribution is -2.06. The number of phosphoric acid groups is 1. The molecule has 1 rings (SSSR count). The van der Waals surface area contributed by atoms with E-state index in [4.69, 9.17) is 14.8 Å². The number of phosphoric ester groups is 1. The van der Waals surface area contributed by atoms with Gasteiger partial charge in [0.2, 0.25) is 5.91 Å². The third-order valence-electron chi connectivity index (χ3n) is 1.78. The molecule has 0 unspecified atom stereocenters. The minimum absolute atomic E-state index is 0.0359. The fourth-order valence-corrected chi connectivity index (χ4v) is 2.40. The van der Waals surface area contributed by atoms with Crippen molar-refractivity contribution in [2.45, 2.75) is 53.8 Å².